The average Bonchev–Trinajstić information content (AvgIpc) is 2.78. The van der Waals surface area contributed by atoms with E-state index in [2.05, 4.69) is 4.74 Å². The highest BCUT2D eigenvalue weighted by molar-refractivity contribution is 6.35. The Labute approximate surface area is 138 Å². The van der Waals surface area contributed by atoms with Gasteiger partial charge in [0.15, 0.2) is 0 Å². The van der Waals surface area contributed by atoms with Crippen LogP contribution >= 0.6 is 0 Å². The van der Waals surface area contributed by atoms with Crippen LogP contribution < -0.4 is 9.64 Å². The minimum Gasteiger partial charge on any atom is -0.478 e. The maximum absolute atomic E-state index is 12.4. The van der Waals surface area contributed by atoms with Crippen molar-refractivity contribution in [1.82, 2.24) is 0 Å². The molecule has 0 bridgehead atoms. The van der Waals surface area contributed by atoms with Gasteiger partial charge in [-0.2, -0.15) is 0 Å². The summed E-state index contributed by atoms with van der Waals surface area (Å²) < 4.78 is 40.5. The normalized spacial score (nSPS) is 13.8. The molecule has 9 heteroatoms. The summed E-state index contributed by atoms with van der Waals surface area (Å²) in [6.45, 7) is 0. The molecule has 1 N–H and O–H groups in total. The molecule has 2 aromatic rings. The monoisotopic (exact) mass is 351 g/mol. The molecule has 0 saturated heterocycles. The highest BCUT2D eigenvalue weighted by Crippen LogP contribution is 2.34. The number of benzene rings is 2. The van der Waals surface area contributed by atoms with E-state index in [0.717, 1.165) is 12.1 Å². The molecule has 0 saturated carbocycles. The second-order valence-electron chi connectivity index (χ2n) is 5.02. The zero-order valence-electron chi connectivity index (χ0n) is 12.2. The molecular weight excluding hydrogens is 343 g/mol. The summed E-state index contributed by atoms with van der Waals surface area (Å²) in [6, 6.07) is 8.23. The fraction of sp³-hybridized carbons (Fsp3) is 0.0625. The summed E-state index contributed by atoms with van der Waals surface area (Å²) in [5, 5.41) is 9.25. The van der Waals surface area contributed by atoms with Crippen LogP contribution in [-0.4, -0.2) is 29.3 Å². The SMILES string of the molecule is O=C(O)c1cc(OC(F)(F)F)ccc1N1C(=O)c2ccccc2C1=O. The van der Waals surface area contributed by atoms with Gasteiger partial charge in [0, 0.05) is 0 Å². The molecule has 2 aromatic carbocycles. The topological polar surface area (TPSA) is 83.9 Å². The van der Waals surface area contributed by atoms with Crippen molar-refractivity contribution in [2.45, 2.75) is 6.36 Å². The lowest BCUT2D eigenvalue weighted by atomic mass is 10.1. The van der Waals surface area contributed by atoms with Crippen LogP contribution in [0.2, 0.25) is 0 Å². The van der Waals surface area contributed by atoms with Crippen LogP contribution in [0.5, 0.6) is 5.75 Å². The molecule has 3 rings (SSSR count). The molecule has 0 radical (unpaired) electrons. The Hall–Kier alpha value is -3.36. The van der Waals surface area contributed by atoms with Gasteiger partial charge in [-0.15, -0.1) is 13.2 Å². The molecule has 6 nitrogen and oxygen atoms in total. The number of carbonyl (C=O) groups is 3. The number of hydrogen-bond acceptors (Lipinski definition) is 4. The van der Waals surface area contributed by atoms with E-state index < -0.39 is 35.5 Å². The lowest BCUT2D eigenvalue weighted by molar-refractivity contribution is -0.274. The molecule has 0 aromatic heterocycles. The van der Waals surface area contributed by atoms with Gasteiger partial charge in [0.1, 0.15) is 5.75 Å². The largest absolute Gasteiger partial charge is 0.573 e. The number of imide groups is 1. The average molecular weight is 351 g/mol. The predicted octanol–water partition coefficient (Wildman–Crippen LogP) is 3.08. The van der Waals surface area contributed by atoms with Crippen molar-refractivity contribution in [3.8, 4) is 5.75 Å². The zero-order chi connectivity index (χ0) is 18.4. The summed E-state index contributed by atoms with van der Waals surface area (Å²) in [6.07, 6.45) is -5.01. The number of amides is 2. The van der Waals surface area contributed by atoms with Gasteiger partial charge < -0.3 is 9.84 Å². The van der Waals surface area contributed by atoms with Crippen molar-refractivity contribution in [2.75, 3.05) is 4.90 Å². The van der Waals surface area contributed by atoms with Crippen LogP contribution in [0, 0.1) is 0 Å². The third-order valence-corrected chi connectivity index (χ3v) is 3.47. The van der Waals surface area contributed by atoms with Crippen molar-refractivity contribution in [2.24, 2.45) is 0 Å². The van der Waals surface area contributed by atoms with Crippen molar-refractivity contribution >= 4 is 23.5 Å². The Morgan fingerprint density at radius 3 is 2.04 bits per heavy atom. The molecule has 1 aliphatic rings. The molecule has 0 unspecified atom stereocenters. The van der Waals surface area contributed by atoms with E-state index >= 15 is 0 Å². The number of halogens is 3. The van der Waals surface area contributed by atoms with Gasteiger partial charge in [-0.05, 0) is 30.3 Å². The molecule has 0 spiro atoms. The smallest absolute Gasteiger partial charge is 0.478 e. The van der Waals surface area contributed by atoms with E-state index in [1.807, 2.05) is 0 Å². The molecule has 25 heavy (non-hydrogen) atoms. The molecule has 1 aliphatic heterocycles. The summed E-state index contributed by atoms with van der Waals surface area (Å²) in [5.41, 5.74) is -0.844. The molecule has 0 aliphatic carbocycles. The number of carboxylic acid groups (broad SMARTS) is 1. The van der Waals surface area contributed by atoms with Crippen LogP contribution in [0.3, 0.4) is 0 Å². The second-order valence-corrected chi connectivity index (χ2v) is 5.02. The number of rotatable bonds is 3. The predicted molar refractivity (Wildman–Crippen MR) is 77.7 cm³/mol. The number of nitrogens with zero attached hydrogens (tertiary/aromatic N) is 1. The first-order chi connectivity index (χ1) is 11.7. The van der Waals surface area contributed by atoms with Crippen molar-refractivity contribution in [3.63, 3.8) is 0 Å². The van der Waals surface area contributed by atoms with E-state index in [9.17, 15) is 32.7 Å². The first-order valence-electron chi connectivity index (χ1n) is 6.80. The summed E-state index contributed by atoms with van der Waals surface area (Å²) >= 11 is 0. The number of carbonyl (C=O) groups excluding carboxylic acids is 2. The molecule has 0 atom stereocenters. The van der Waals surface area contributed by atoms with Crippen LogP contribution in [0.4, 0.5) is 18.9 Å². The van der Waals surface area contributed by atoms with Crippen molar-refractivity contribution in [1.29, 1.82) is 0 Å². The Balaban J connectivity index is 2.08. The van der Waals surface area contributed by atoms with E-state index in [1.165, 1.54) is 24.3 Å². The summed E-state index contributed by atoms with van der Waals surface area (Å²) in [7, 11) is 0. The zero-order valence-corrected chi connectivity index (χ0v) is 12.2. The van der Waals surface area contributed by atoms with Gasteiger partial charge in [0.05, 0.1) is 22.4 Å². The number of hydrogen-bond donors (Lipinski definition) is 1. The van der Waals surface area contributed by atoms with Gasteiger partial charge >= 0.3 is 12.3 Å². The summed E-state index contributed by atoms with van der Waals surface area (Å²) in [5.74, 6) is -3.90. The quantitative estimate of drug-likeness (QED) is 0.859. The molecular formula is C16H8F3NO5. The minimum atomic E-state index is -5.01. The first kappa shape index (κ1) is 16.5. The van der Waals surface area contributed by atoms with Crippen molar-refractivity contribution in [3.05, 3.63) is 59.2 Å². The van der Waals surface area contributed by atoms with Crippen LogP contribution in [0.25, 0.3) is 0 Å². The molecule has 2 amide bonds. The lowest BCUT2D eigenvalue weighted by Crippen LogP contribution is -2.31. The van der Waals surface area contributed by atoms with E-state index in [4.69, 9.17) is 0 Å². The third-order valence-electron chi connectivity index (χ3n) is 3.47. The molecule has 0 fully saturated rings. The highest BCUT2D eigenvalue weighted by Gasteiger charge is 2.38. The second kappa shape index (κ2) is 5.62. The summed E-state index contributed by atoms with van der Waals surface area (Å²) in [4.78, 5) is 36.8. The third kappa shape index (κ3) is 2.91. The van der Waals surface area contributed by atoms with Crippen molar-refractivity contribution < 1.29 is 37.4 Å². The van der Waals surface area contributed by atoms with E-state index in [0.29, 0.717) is 11.0 Å². The molecule has 128 valence electrons. The first-order valence-corrected chi connectivity index (χ1v) is 6.80. The number of aromatic carboxylic acids is 1. The van der Waals surface area contributed by atoms with Gasteiger partial charge in [-0.25, -0.2) is 9.69 Å². The maximum Gasteiger partial charge on any atom is 0.573 e. The lowest BCUT2D eigenvalue weighted by Gasteiger charge is -2.18. The van der Waals surface area contributed by atoms with Gasteiger partial charge in [0.25, 0.3) is 11.8 Å². The number of fused-ring (bicyclic) bond motifs is 1. The number of carboxylic acids is 1. The highest BCUT2D eigenvalue weighted by atomic mass is 19.4. The number of anilines is 1. The van der Waals surface area contributed by atoms with E-state index in [-0.39, 0.29) is 16.8 Å². The van der Waals surface area contributed by atoms with Crippen LogP contribution in [0.1, 0.15) is 31.1 Å². The minimum absolute atomic E-state index is 0.0828. The van der Waals surface area contributed by atoms with Crippen LogP contribution in [-0.2, 0) is 0 Å². The standard InChI is InChI=1S/C16H8F3NO5/c17-16(18,19)25-8-5-6-12(11(7-8)15(23)24)20-13(21)9-3-1-2-4-10(9)14(20)22/h1-7H,(H,23,24). The Morgan fingerprint density at radius 2 is 1.56 bits per heavy atom. The Bertz CT molecular complexity index is 872. The maximum atomic E-state index is 12.4. The fourth-order valence-corrected chi connectivity index (χ4v) is 2.49. The van der Waals surface area contributed by atoms with Gasteiger partial charge in [0.2, 0.25) is 0 Å². The number of alkyl halides is 3. The van der Waals surface area contributed by atoms with Gasteiger partial charge in [-0.3, -0.25) is 9.59 Å². The Morgan fingerprint density at radius 1 is 1.00 bits per heavy atom. The van der Waals surface area contributed by atoms with Gasteiger partial charge in [-0.1, -0.05) is 12.1 Å². The molecule has 1 heterocycles. The van der Waals surface area contributed by atoms with E-state index in [1.54, 1.807) is 0 Å². The number of ether oxygens (including phenoxy) is 1. The fourth-order valence-electron chi connectivity index (χ4n) is 2.49. The Kier molecular flexibility index (Phi) is 3.71. The van der Waals surface area contributed by atoms with Crippen LogP contribution in [0.15, 0.2) is 42.5 Å².